The summed E-state index contributed by atoms with van der Waals surface area (Å²) in [6, 6.07) is 4.78. The Labute approximate surface area is 169 Å². The van der Waals surface area contributed by atoms with Gasteiger partial charge in [-0.25, -0.2) is 23.1 Å². The Morgan fingerprint density at radius 1 is 1.38 bits per heavy atom. The highest BCUT2D eigenvalue weighted by Crippen LogP contribution is 2.44. The van der Waals surface area contributed by atoms with Crippen molar-refractivity contribution < 1.29 is 22.7 Å². The Balaban J connectivity index is 1.81. The molecule has 0 aliphatic carbocycles. The SMILES string of the molecule is C[C@H]1COC(N)=N[C@@]1(c1cc(N2Cc3cc(Cl)cnc3C2=O)ccc1F)C(F)F. The molecule has 1 aromatic heterocycles. The molecule has 29 heavy (non-hydrogen) atoms. The van der Waals surface area contributed by atoms with E-state index in [-0.39, 0.29) is 30.1 Å². The molecule has 6 nitrogen and oxygen atoms in total. The van der Waals surface area contributed by atoms with Crippen LogP contribution in [0.3, 0.4) is 0 Å². The molecule has 3 heterocycles. The van der Waals surface area contributed by atoms with Gasteiger partial charge in [-0.05, 0) is 24.3 Å². The van der Waals surface area contributed by atoms with Gasteiger partial charge in [-0.15, -0.1) is 0 Å². The molecule has 2 atom stereocenters. The molecule has 0 fully saturated rings. The second kappa shape index (κ2) is 6.91. The summed E-state index contributed by atoms with van der Waals surface area (Å²) in [4.78, 5) is 21.9. The van der Waals surface area contributed by atoms with Crippen molar-refractivity contribution in [2.45, 2.75) is 25.4 Å². The topological polar surface area (TPSA) is 80.8 Å². The number of carbonyl (C=O) groups is 1. The maximum atomic E-state index is 14.7. The number of carbonyl (C=O) groups excluding carboxylic acids is 1. The van der Waals surface area contributed by atoms with Crippen molar-refractivity contribution in [1.29, 1.82) is 0 Å². The van der Waals surface area contributed by atoms with Crippen molar-refractivity contribution in [3.63, 3.8) is 0 Å². The number of alkyl halides is 2. The van der Waals surface area contributed by atoms with Crippen LogP contribution >= 0.6 is 11.6 Å². The van der Waals surface area contributed by atoms with E-state index in [4.69, 9.17) is 22.1 Å². The summed E-state index contributed by atoms with van der Waals surface area (Å²) < 4.78 is 48.2. The van der Waals surface area contributed by atoms with Gasteiger partial charge >= 0.3 is 0 Å². The van der Waals surface area contributed by atoms with Crippen LogP contribution in [-0.2, 0) is 16.8 Å². The summed E-state index contributed by atoms with van der Waals surface area (Å²) in [6.45, 7) is 1.48. The van der Waals surface area contributed by atoms with Gasteiger partial charge in [0.1, 0.15) is 11.5 Å². The molecule has 1 aromatic carbocycles. The molecule has 0 unspecified atom stereocenters. The lowest BCUT2D eigenvalue weighted by Crippen LogP contribution is -2.48. The first-order valence-electron chi connectivity index (χ1n) is 8.76. The van der Waals surface area contributed by atoms with Crippen molar-refractivity contribution in [2.75, 3.05) is 11.5 Å². The van der Waals surface area contributed by atoms with Gasteiger partial charge in [-0.2, -0.15) is 0 Å². The third-order valence-electron chi connectivity index (χ3n) is 5.26. The van der Waals surface area contributed by atoms with E-state index in [1.807, 2.05) is 0 Å². The van der Waals surface area contributed by atoms with E-state index in [0.29, 0.717) is 10.6 Å². The number of hydrogen-bond donors (Lipinski definition) is 1. The summed E-state index contributed by atoms with van der Waals surface area (Å²) in [5.74, 6) is -2.15. The Bertz CT molecular complexity index is 1030. The predicted molar refractivity (Wildman–Crippen MR) is 101 cm³/mol. The monoisotopic (exact) mass is 424 g/mol. The molecule has 10 heteroatoms. The molecule has 2 N–H and O–H groups in total. The Morgan fingerprint density at radius 2 is 2.14 bits per heavy atom. The summed E-state index contributed by atoms with van der Waals surface area (Å²) >= 11 is 5.93. The van der Waals surface area contributed by atoms with Gasteiger partial charge in [0.25, 0.3) is 18.4 Å². The number of benzene rings is 1. The van der Waals surface area contributed by atoms with Gasteiger partial charge in [0.15, 0.2) is 5.54 Å². The van der Waals surface area contributed by atoms with Gasteiger partial charge < -0.3 is 15.4 Å². The van der Waals surface area contributed by atoms with Crippen molar-refractivity contribution in [3.05, 3.63) is 58.1 Å². The van der Waals surface area contributed by atoms with Crippen molar-refractivity contribution in [3.8, 4) is 0 Å². The number of rotatable bonds is 3. The maximum Gasteiger partial charge on any atom is 0.283 e. The molecule has 2 aromatic rings. The molecular weight excluding hydrogens is 409 g/mol. The average molecular weight is 425 g/mol. The number of aliphatic imine (C=N–C) groups is 1. The number of aromatic nitrogens is 1. The van der Waals surface area contributed by atoms with E-state index < -0.39 is 35.6 Å². The van der Waals surface area contributed by atoms with Crippen molar-refractivity contribution >= 4 is 29.2 Å². The fraction of sp³-hybridized carbons (Fsp3) is 0.316. The summed E-state index contributed by atoms with van der Waals surface area (Å²) in [5.41, 5.74) is 4.02. The second-order valence-electron chi connectivity index (χ2n) is 7.00. The first-order chi connectivity index (χ1) is 13.7. The van der Waals surface area contributed by atoms with Crippen LogP contribution in [-0.4, -0.2) is 29.9 Å². The van der Waals surface area contributed by atoms with Gasteiger partial charge in [-0.3, -0.25) is 4.79 Å². The lowest BCUT2D eigenvalue weighted by molar-refractivity contribution is -0.0101. The molecule has 0 saturated carbocycles. The third-order valence-corrected chi connectivity index (χ3v) is 5.47. The molecule has 2 aliphatic rings. The van der Waals surface area contributed by atoms with Crippen LogP contribution in [0.2, 0.25) is 5.02 Å². The van der Waals surface area contributed by atoms with E-state index >= 15 is 0 Å². The van der Waals surface area contributed by atoms with Gasteiger partial charge in [0.05, 0.1) is 18.2 Å². The minimum atomic E-state index is -3.04. The van der Waals surface area contributed by atoms with Crippen molar-refractivity contribution in [1.82, 2.24) is 4.98 Å². The highest BCUT2D eigenvalue weighted by molar-refractivity contribution is 6.30. The zero-order valence-corrected chi connectivity index (χ0v) is 16.0. The molecule has 1 amide bonds. The molecule has 2 aliphatic heterocycles. The van der Waals surface area contributed by atoms with E-state index in [1.165, 1.54) is 30.2 Å². The van der Waals surface area contributed by atoms with Crippen LogP contribution in [0.4, 0.5) is 18.9 Å². The summed E-state index contributed by atoms with van der Waals surface area (Å²) in [5, 5.41) is 0.371. The number of nitrogens with two attached hydrogens (primary N) is 1. The lowest BCUT2D eigenvalue weighted by atomic mass is 9.79. The highest BCUT2D eigenvalue weighted by atomic mass is 35.5. The first-order valence-corrected chi connectivity index (χ1v) is 9.14. The van der Waals surface area contributed by atoms with Gasteiger partial charge in [0.2, 0.25) is 0 Å². The Morgan fingerprint density at radius 3 is 2.86 bits per heavy atom. The third kappa shape index (κ3) is 3.00. The van der Waals surface area contributed by atoms with Crippen LogP contribution in [0.25, 0.3) is 0 Å². The molecular formula is C19H16ClF3N4O2. The summed E-state index contributed by atoms with van der Waals surface area (Å²) in [6.07, 6.45) is -1.69. The number of nitrogens with zero attached hydrogens (tertiary/aromatic N) is 3. The standard InChI is InChI=1S/C19H16ClF3N4O2/c1-9-8-29-18(24)26-19(9,17(22)23)13-5-12(2-3-14(13)21)27-7-10-4-11(20)6-25-15(10)16(27)28/h2-6,9,17H,7-8H2,1H3,(H2,24,26)/t9-,19-/m0/s1. The fourth-order valence-corrected chi connectivity index (χ4v) is 3.91. The number of halogens is 4. The fourth-order valence-electron chi connectivity index (χ4n) is 3.73. The average Bonchev–Trinajstić information content (AvgIpc) is 3.00. The molecule has 152 valence electrons. The number of amides is 1. The number of pyridine rings is 1. The number of anilines is 1. The Hall–Kier alpha value is -2.81. The quantitative estimate of drug-likeness (QED) is 0.818. The van der Waals surface area contributed by atoms with Gasteiger partial charge in [-0.1, -0.05) is 18.5 Å². The van der Waals surface area contributed by atoms with E-state index in [0.717, 1.165) is 6.07 Å². The molecule has 0 bridgehead atoms. The molecule has 0 saturated heterocycles. The lowest BCUT2D eigenvalue weighted by Gasteiger charge is -2.38. The van der Waals surface area contributed by atoms with E-state index in [9.17, 15) is 18.0 Å². The van der Waals surface area contributed by atoms with Crippen LogP contribution in [0.15, 0.2) is 35.5 Å². The minimum Gasteiger partial charge on any atom is -0.465 e. The molecule has 4 rings (SSSR count). The van der Waals surface area contributed by atoms with Crippen LogP contribution < -0.4 is 10.6 Å². The van der Waals surface area contributed by atoms with Crippen molar-refractivity contribution in [2.24, 2.45) is 16.6 Å². The largest absolute Gasteiger partial charge is 0.465 e. The zero-order valence-electron chi connectivity index (χ0n) is 15.2. The normalized spacial score (nSPS) is 23.8. The van der Waals surface area contributed by atoms with E-state index in [2.05, 4.69) is 9.98 Å². The number of ether oxygens (including phenoxy) is 1. The number of hydrogen-bond acceptors (Lipinski definition) is 5. The highest BCUT2D eigenvalue weighted by Gasteiger charge is 2.51. The van der Waals surface area contributed by atoms with Crippen LogP contribution in [0.1, 0.15) is 28.5 Å². The second-order valence-corrected chi connectivity index (χ2v) is 7.44. The summed E-state index contributed by atoms with van der Waals surface area (Å²) in [7, 11) is 0. The smallest absolute Gasteiger partial charge is 0.283 e. The first kappa shape index (κ1) is 19.5. The predicted octanol–water partition coefficient (Wildman–Crippen LogP) is 3.48. The number of amidine groups is 1. The van der Waals surface area contributed by atoms with Crippen LogP contribution in [0.5, 0.6) is 0 Å². The van der Waals surface area contributed by atoms with Crippen LogP contribution in [0, 0.1) is 11.7 Å². The van der Waals surface area contributed by atoms with E-state index in [1.54, 1.807) is 6.07 Å². The maximum absolute atomic E-state index is 14.7. The molecule has 0 spiro atoms. The Kier molecular flexibility index (Phi) is 4.65. The van der Waals surface area contributed by atoms with Gasteiger partial charge in [0, 0.05) is 28.9 Å². The molecule has 0 radical (unpaired) electrons. The number of fused-ring (bicyclic) bond motifs is 1. The minimum absolute atomic E-state index is 0.137. The zero-order chi connectivity index (χ0) is 20.9.